The SMILES string of the molecule is Nc1cc[n+]([C@@H]2O[C@H](COP(=O)(O)OP(=O)(O)OC[C@H]3O[C@@H](n4cnc5c(N)ncnc54)[C@H](OP(=O)(O)O)[C@@H]3O)[C@@H](O)[C@H]2O)cc1C(=O)O. The molecule has 3 aromatic rings. The van der Waals surface area contributed by atoms with Gasteiger partial charge in [-0.1, -0.05) is 0 Å². The molecule has 28 heteroatoms. The second-order valence-electron chi connectivity index (χ2n) is 10.4. The van der Waals surface area contributed by atoms with Crippen LogP contribution >= 0.6 is 23.5 Å². The summed E-state index contributed by atoms with van der Waals surface area (Å²) in [5.41, 5.74) is 10.9. The Labute approximate surface area is 272 Å². The molecule has 0 bridgehead atoms. The van der Waals surface area contributed by atoms with Gasteiger partial charge in [-0.15, -0.1) is 0 Å². The van der Waals surface area contributed by atoms with Crippen molar-refractivity contribution >= 4 is 52.1 Å². The van der Waals surface area contributed by atoms with Crippen LogP contribution in [0.15, 0.2) is 31.1 Å². The molecule has 0 saturated carbocycles. The van der Waals surface area contributed by atoms with Gasteiger partial charge < -0.3 is 60.9 Å². The predicted molar refractivity (Wildman–Crippen MR) is 153 cm³/mol. The summed E-state index contributed by atoms with van der Waals surface area (Å²) < 4.78 is 68.1. The number of carboxylic acid groups (broad SMARTS) is 1. The number of aliphatic hydroxyl groups excluding tert-OH is 3. The van der Waals surface area contributed by atoms with E-state index in [4.69, 9.17) is 20.9 Å². The van der Waals surface area contributed by atoms with Crippen molar-refractivity contribution in [1.29, 1.82) is 0 Å². The van der Waals surface area contributed by atoms with E-state index in [9.17, 15) is 58.5 Å². The van der Waals surface area contributed by atoms with E-state index in [1.807, 2.05) is 0 Å². The third kappa shape index (κ3) is 8.30. The monoisotopic (exact) mass is 760 g/mol. The minimum Gasteiger partial charge on any atom is -0.477 e. The molecule has 0 radical (unpaired) electrons. The molecular formula is C21H29N7O18P3+. The number of anilines is 2. The van der Waals surface area contributed by atoms with Gasteiger partial charge in [0.1, 0.15) is 47.9 Å². The number of imidazole rings is 1. The fourth-order valence-electron chi connectivity index (χ4n) is 4.89. The average Bonchev–Trinajstić information content (AvgIpc) is 3.64. The van der Waals surface area contributed by atoms with Gasteiger partial charge in [0.2, 0.25) is 0 Å². The Morgan fingerprint density at radius 1 is 0.939 bits per heavy atom. The van der Waals surface area contributed by atoms with Gasteiger partial charge in [-0.3, -0.25) is 18.1 Å². The van der Waals surface area contributed by atoms with Gasteiger partial charge in [-0.05, 0) is 0 Å². The highest BCUT2D eigenvalue weighted by Crippen LogP contribution is 2.61. The summed E-state index contributed by atoms with van der Waals surface area (Å²) in [6, 6.07) is 1.19. The third-order valence-corrected chi connectivity index (χ3v) is 10.2. The molecule has 2 saturated heterocycles. The zero-order valence-corrected chi connectivity index (χ0v) is 27.0. The first-order chi connectivity index (χ1) is 22.8. The van der Waals surface area contributed by atoms with Gasteiger partial charge in [0.15, 0.2) is 36.2 Å². The number of aromatic carboxylic acids is 1. The lowest BCUT2D eigenvalue weighted by molar-refractivity contribution is -0.765. The largest absolute Gasteiger partial charge is 0.481 e. The number of hydrogen-bond donors (Lipinski definition) is 10. The Bertz CT molecular complexity index is 1860. The number of nitrogen functional groups attached to an aromatic ring is 2. The van der Waals surface area contributed by atoms with Crippen LogP contribution in [0.2, 0.25) is 0 Å². The van der Waals surface area contributed by atoms with Gasteiger partial charge in [-0.2, -0.15) is 8.88 Å². The summed E-state index contributed by atoms with van der Waals surface area (Å²) in [6.45, 7) is -2.10. The van der Waals surface area contributed by atoms with Gasteiger partial charge in [0.05, 0.1) is 25.2 Å². The van der Waals surface area contributed by atoms with Crippen LogP contribution in [0, 0.1) is 0 Å². The molecule has 2 fully saturated rings. The fourth-order valence-corrected chi connectivity index (χ4v) is 7.53. The van der Waals surface area contributed by atoms with Crippen LogP contribution in [0.4, 0.5) is 11.5 Å². The minimum atomic E-state index is -5.55. The van der Waals surface area contributed by atoms with Crippen LogP contribution in [0.1, 0.15) is 22.8 Å². The van der Waals surface area contributed by atoms with E-state index in [-0.39, 0.29) is 28.2 Å². The molecule has 2 aliphatic rings. The molecule has 0 amide bonds. The number of hydrogen-bond acceptors (Lipinski definition) is 18. The second-order valence-corrected chi connectivity index (χ2v) is 14.7. The Morgan fingerprint density at radius 3 is 2.18 bits per heavy atom. The number of pyridine rings is 1. The van der Waals surface area contributed by atoms with Crippen molar-refractivity contribution in [2.45, 2.75) is 49.1 Å². The lowest BCUT2D eigenvalue weighted by Gasteiger charge is -2.22. The molecule has 3 aromatic heterocycles. The first kappa shape index (κ1) is 37.2. The van der Waals surface area contributed by atoms with E-state index in [2.05, 4.69) is 32.8 Å². The highest BCUT2D eigenvalue weighted by atomic mass is 31.3. The maximum absolute atomic E-state index is 12.6. The maximum atomic E-state index is 12.6. The molecule has 5 heterocycles. The second kappa shape index (κ2) is 13.9. The summed E-state index contributed by atoms with van der Waals surface area (Å²) in [4.78, 5) is 62.1. The quantitative estimate of drug-likeness (QED) is 0.0625. The van der Waals surface area contributed by atoms with Gasteiger partial charge in [0.25, 0.3) is 6.23 Å². The van der Waals surface area contributed by atoms with Crippen molar-refractivity contribution in [2.24, 2.45) is 0 Å². The zero-order chi connectivity index (χ0) is 36.1. The highest BCUT2D eigenvalue weighted by molar-refractivity contribution is 7.61. The van der Waals surface area contributed by atoms with Crippen molar-refractivity contribution in [3.05, 3.63) is 36.7 Å². The first-order valence-electron chi connectivity index (χ1n) is 13.5. The molecule has 2 unspecified atom stereocenters. The van der Waals surface area contributed by atoms with E-state index in [0.717, 1.165) is 28.0 Å². The Hall–Kier alpha value is -3.06. The van der Waals surface area contributed by atoms with E-state index < -0.39 is 91.7 Å². The number of rotatable bonds is 13. The number of carbonyl (C=O) groups is 1. The van der Waals surface area contributed by atoms with Crippen LogP contribution in [-0.4, -0.2) is 115 Å². The average molecular weight is 760 g/mol. The van der Waals surface area contributed by atoms with E-state index in [1.54, 1.807) is 0 Å². The minimum absolute atomic E-state index is 0.00705. The summed E-state index contributed by atoms with van der Waals surface area (Å²) in [7, 11) is -16.3. The number of fused-ring (bicyclic) bond motifs is 1. The summed E-state index contributed by atoms with van der Waals surface area (Å²) >= 11 is 0. The van der Waals surface area contributed by atoms with Crippen LogP contribution in [0.3, 0.4) is 0 Å². The van der Waals surface area contributed by atoms with Crippen molar-refractivity contribution in [2.75, 3.05) is 24.7 Å². The number of aliphatic hydroxyl groups is 3. The highest BCUT2D eigenvalue weighted by Gasteiger charge is 2.51. The van der Waals surface area contributed by atoms with E-state index in [0.29, 0.717) is 0 Å². The van der Waals surface area contributed by atoms with Crippen LogP contribution in [-0.2, 0) is 41.1 Å². The van der Waals surface area contributed by atoms with Crippen LogP contribution < -0.4 is 16.0 Å². The summed E-state index contributed by atoms with van der Waals surface area (Å²) in [6.07, 6.45) is -9.15. The number of aromatic nitrogens is 5. The predicted octanol–water partition coefficient (Wildman–Crippen LogP) is -2.72. The Balaban J connectivity index is 1.21. The number of ether oxygens (including phenoxy) is 2. The molecule has 0 spiro atoms. The molecule has 49 heavy (non-hydrogen) atoms. The Kier molecular flexibility index (Phi) is 10.6. The van der Waals surface area contributed by atoms with Gasteiger partial charge in [-0.25, -0.2) is 33.4 Å². The molecule has 270 valence electrons. The number of nitrogens with zero attached hydrogens (tertiary/aromatic N) is 5. The van der Waals surface area contributed by atoms with E-state index >= 15 is 0 Å². The van der Waals surface area contributed by atoms with Crippen LogP contribution in [0.5, 0.6) is 0 Å². The van der Waals surface area contributed by atoms with Gasteiger partial charge in [0, 0.05) is 6.07 Å². The van der Waals surface area contributed by atoms with Crippen molar-refractivity contribution in [1.82, 2.24) is 19.5 Å². The fraction of sp³-hybridized carbons (Fsp3) is 0.476. The number of nitrogens with two attached hydrogens (primary N) is 2. The molecule has 0 aromatic carbocycles. The van der Waals surface area contributed by atoms with Crippen molar-refractivity contribution in [3.8, 4) is 0 Å². The molecule has 2 aliphatic heterocycles. The maximum Gasteiger partial charge on any atom is 0.481 e. The lowest BCUT2D eigenvalue weighted by atomic mass is 10.1. The molecular weight excluding hydrogens is 731 g/mol. The third-order valence-electron chi connectivity index (χ3n) is 7.12. The summed E-state index contributed by atoms with van der Waals surface area (Å²) in [5.74, 6) is -1.46. The van der Waals surface area contributed by atoms with Crippen molar-refractivity contribution in [3.63, 3.8) is 0 Å². The Morgan fingerprint density at radius 2 is 1.57 bits per heavy atom. The van der Waals surface area contributed by atoms with Gasteiger partial charge >= 0.3 is 29.4 Å². The number of phosphoric ester groups is 3. The molecule has 25 nitrogen and oxygen atoms in total. The summed E-state index contributed by atoms with van der Waals surface area (Å²) in [5, 5.41) is 40.8. The van der Waals surface area contributed by atoms with Crippen LogP contribution in [0.25, 0.3) is 11.2 Å². The topological polar surface area (TPSA) is 385 Å². The molecule has 12 N–H and O–H groups in total. The smallest absolute Gasteiger partial charge is 0.477 e. The molecule has 10 atom stereocenters. The standard InChI is InChI=1S/C21H28N7O18P3/c22-9-1-2-27(3-8(9)21(32)33)19-15(31)13(29)10(43-19)4-41-48(37,38)46-49(39,40)42-5-11-14(30)16(45-47(34,35)36)20(44-11)28-7-26-12-17(23)24-6-25-18(12)28/h1-3,6-7,10-11,13-16,19-20,22,29-31H,4-5H2,(H7,23,24,25,32,33,34,35,36,37,38,39,40)/p+1/t10-,11-,13-,14-,15-,16-,19-,20-/m1/s1. The first-order valence-corrected chi connectivity index (χ1v) is 18.0. The van der Waals surface area contributed by atoms with E-state index in [1.165, 1.54) is 12.3 Å². The molecule has 5 rings (SSSR count). The zero-order valence-electron chi connectivity index (χ0n) is 24.3. The number of phosphoric acid groups is 3. The lowest BCUT2D eigenvalue weighted by Crippen LogP contribution is -2.46. The normalized spacial score (nSPS) is 29.9. The van der Waals surface area contributed by atoms with Crippen molar-refractivity contribution < 1.29 is 90.4 Å². The number of carboxylic acids is 1. The molecule has 0 aliphatic carbocycles.